The number of imidazole rings is 1. The third kappa shape index (κ3) is 2.38. The van der Waals surface area contributed by atoms with Crippen LogP contribution in [0.1, 0.15) is 35.9 Å². The zero-order chi connectivity index (χ0) is 12.4. The molecule has 0 radical (unpaired) electrons. The molecule has 90 valence electrons. The Hall–Kier alpha value is -2.04. The number of carbonyl (C=O) groups is 1. The van der Waals surface area contributed by atoms with Crippen LogP contribution >= 0.6 is 0 Å². The largest absolute Gasteiger partial charge is 0.478 e. The first kappa shape index (κ1) is 11.4. The number of aromatic carboxylic acids is 1. The average molecular weight is 233 g/mol. The summed E-state index contributed by atoms with van der Waals surface area (Å²) in [6.45, 7) is 4.80. The van der Waals surface area contributed by atoms with Gasteiger partial charge >= 0.3 is 5.97 Å². The lowest BCUT2D eigenvalue weighted by molar-refractivity contribution is 0.0697. The first-order valence-corrected chi connectivity index (χ1v) is 5.47. The van der Waals surface area contributed by atoms with Crippen LogP contribution in [0.15, 0.2) is 31.0 Å². The molecule has 0 aliphatic rings. The van der Waals surface area contributed by atoms with Crippen LogP contribution in [-0.4, -0.2) is 25.2 Å². The van der Waals surface area contributed by atoms with Crippen molar-refractivity contribution < 1.29 is 9.90 Å². The number of carboxylic acids is 1. The van der Waals surface area contributed by atoms with Gasteiger partial charge in [-0.05, 0) is 19.9 Å². The Bertz CT molecular complexity index is 525. The van der Waals surface area contributed by atoms with Gasteiger partial charge in [-0.3, -0.25) is 0 Å². The Morgan fingerprint density at radius 2 is 2.29 bits per heavy atom. The maximum absolute atomic E-state index is 10.8. The zero-order valence-electron chi connectivity index (χ0n) is 9.87. The Morgan fingerprint density at radius 1 is 1.53 bits per heavy atom. The van der Waals surface area contributed by atoms with Crippen molar-refractivity contribution in [1.29, 1.82) is 0 Å². The van der Waals surface area contributed by atoms with Crippen LogP contribution < -0.4 is 0 Å². The second-order valence-corrected chi connectivity index (χ2v) is 4.26. The monoisotopic (exact) mass is 233 g/mol. The summed E-state index contributed by atoms with van der Waals surface area (Å²) in [6, 6.07) is 1.94. The number of hydrogen-bond donors (Lipinski definition) is 1. The molecule has 1 N–H and O–H groups in total. The van der Waals surface area contributed by atoms with Crippen molar-refractivity contribution >= 4 is 5.97 Å². The molecule has 0 aliphatic carbocycles. The molecule has 17 heavy (non-hydrogen) atoms. The van der Waals surface area contributed by atoms with Gasteiger partial charge in [0.1, 0.15) is 0 Å². The maximum atomic E-state index is 10.8. The van der Waals surface area contributed by atoms with Crippen LogP contribution in [0.4, 0.5) is 0 Å². The summed E-state index contributed by atoms with van der Waals surface area (Å²) in [7, 11) is 0. The smallest absolute Gasteiger partial charge is 0.337 e. The molecule has 2 aromatic heterocycles. The van der Waals surface area contributed by atoms with E-state index in [1.807, 2.05) is 4.57 Å². The van der Waals surface area contributed by atoms with Gasteiger partial charge in [0.05, 0.1) is 24.1 Å². The topological polar surface area (TPSA) is 60.0 Å². The highest BCUT2D eigenvalue weighted by molar-refractivity contribution is 5.87. The lowest BCUT2D eigenvalue weighted by atomic mass is 10.3. The molecule has 5 nitrogen and oxygen atoms in total. The van der Waals surface area contributed by atoms with Crippen molar-refractivity contribution in [2.45, 2.75) is 26.4 Å². The Balaban J connectivity index is 2.19. The minimum Gasteiger partial charge on any atom is -0.478 e. The zero-order valence-corrected chi connectivity index (χ0v) is 9.87. The van der Waals surface area contributed by atoms with Crippen molar-refractivity contribution in [3.63, 3.8) is 0 Å². The van der Waals surface area contributed by atoms with Gasteiger partial charge in [0, 0.05) is 24.6 Å². The third-order valence-corrected chi connectivity index (χ3v) is 2.64. The molecule has 2 rings (SSSR count). The maximum Gasteiger partial charge on any atom is 0.337 e. The van der Waals surface area contributed by atoms with E-state index in [9.17, 15) is 4.79 Å². The van der Waals surface area contributed by atoms with E-state index < -0.39 is 5.97 Å². The summed E-state index contributed by atoms with van der Waals surface area (Å²) in [4.78, 5) is 14.9. The summed E-state index contributed by atoms with van der Waals surface area (Å²) in [5.74, 6) is -0.902. The predicted octanol–water partition coefficient (Wildman–Crippen LogP) is 2.01. The number of rotatable bonds is 4. The molecular weight excluding hydrogens is 218 g/mol. The summed E-state index contributed by atoms with van der Waals surface area (Å²) in [5.41, 5.74) is 1.37. The summed E-state index contributed by atoms with van der Waals surface area (Å²) in [6.07, 6.45) is 6.99. The first-order valence-electron chi connectivity index (χ1n) is 5.47. The molecule has 0 spiro atoms. The van der Waals surface area contributed by atoms with E-state index in [1.165, 1.54) is 0 Å². The van der Waals surface area contributed by atoms with E-state index in [0.29, 0.717) is 18.2 Å². The van der Waals surface area contributed by atoms with Gasteiger partial charge in [-0.15, -0.1) is 0 Å². The minimum absolute atomic E-state index is 0.306. The van der Waals surface area contributed by atoms with Crippen LogP contribution in [0.2, 0.25) is 0 Å². The highest BCUT2D eigenvalue weighted by Gasteiger charge is 2.08. The van der Waals surface area contributed by atoms with Gasteiger partial charge in [-0.25, -0.2) is 9.78 Å². The fourth-order valence-corrected chi connectivity index (χ4v) is 1.77. The third-order valence-electron chi connectivity index (χ3n) is 2.64. The molecule has 0 aliphatic heterocycles. The molecule has 0 saturated heterocycles. The van der Waals surface area contributed by atoms with Crippen LogP contribution in [0.3, 0.4) is 0 Å². The lowest BCUT2D eigenvalue weighted by Gasteiger charge is -2.11. The van der Waals surface area contributed by atoms with E-state index in [4.69, 9.17) is 5.11 Å². The molecule has 0 amide bonds. The predicted molar refractivity (Wildman–Crippen MR) is 63.1 cm³/mol. The van der Waals surface area contributed by atoms with E-state index >= 15 is 0 Å². The van der Waals surface area contributed by atoms with Crippen molar-refractivity contribution in [3.8, 4) is 0 Å². The van der Waals surface area contributed by atoms with Crippen molar-refractivity contribution in [2.75, 3.05) is 0 Å². The van der Waals surface area contributed by atoms with Crippen LogP contribution in [-0.2, 0) is 6.54 Å². The Kier molecular flexibility index (Phi) is 2.99. The molecule has 0 bridgehead atoms. The lowest BCUT2D eigenvalue weighted by Crippen LogP contribution is -2.07. The van der Waals surface area contributed by atoms with Gasteiger partial charge in [0.15, 0.2) is 0 Å². The summed E-state index contributed by atoms with van der Waals surface area (Å²) < 4.78 is 3.92. The average Bonchev–Trinajstić information content (AvgIpc) is 2.86. The van der Waals surface area contributed by atoms with Gasteiger partial charge < -0.3 is 14.2 Å². The molecule has 0 aromatic carbocycles. The summed E-state index contributed by atoms with van der Waals surface area (Å²) >= 11 is 0. The molecule has 0 unspecified atom stereocenters. The van der Waals surface area contributed by atoms with Gasteiger partial charge in [0.2, 0.25) is 0 Å². The molecule has 2 aromatic rings. The molecular formula is C12H15N3O2. The van der Waals surface area contributed by atoms with Crippen molar-refractivity contribution in [1.82, 2.24) is 14.1 Å². The van der Waals surface area contributed by atoms with Crippen molar-refractivity contribution in [2.24, 2.45) is 0 Å². The summed E-state index contributed by atoms with van der Waals surface area (Å²) in [5, 5.41) is 8.84. The van der Waals surface area contributed by atoms with Crippen LogP contribution in [0.5, 0.6) is 0 Å². The molecule has 2 heterocycles. The van der Waals surface area contributed by atoms with Gasteiger partial charge in [-0.1, -0.05) is 0 Å². The minimum atomic E-state index is -0.902. The number of hydrogen-bond acceptors (Lipinski definition) is 2. The van der Waals surface area contributed by atoms with Crippen molar-refractivity contribution in [3.05, 3.63) is 42.2 Å². The number of aromatic nitrogens is 3. The number of nitrogens with zero attached hydrogens (tertiary/aromatic N) is 3. The van der Waals surface area contributed by atoms with Crippen LogP contribution in [0.25, 0.3) is 0 Å². The normalized spacial score (nSPS) is 11.0. The van der Waals surface area contributed by atoms with Crippen LogP contribution in [0, 0.1) is 0 Å². The van der Waals surface area contributed by atoms with E-state index in [1.54, 1.807) is 31.0 Å². The fraction of sp³-hybridized carbons (Fsp3) is 0.333. The van der Waals surface area contributed by atoms with E-state index in [2.05, 4.69) is 23.4 Å². The second-order valence-electron chi connectivity index (χ2n) is 4.26. The molecule has 0 fully saturated rings. The van der Waals surface area contributed by atoms with Gasteiger partial charge in [-0.2, -0.15) is 0 Å². The standard InChI is InChI=1S/C12H15N3O2/c1-9(2)15-8-13-5-11(15)7-14-4-3-10(6-14)12(16)17/h3-6,8-9H,7H2,1-2H3,(H,16,17). The SMILES string of the molecule is CC(C)n1cncc1Cn1ccc(C(=O)O)c1. The highest BCUT2D eigenvalue weighted by Crippen LogP contribution is 2.11. The second kappa shape index (κ2) is 4.45. The molecule has 5 heteroatoms. The van der Waals surface area contributed by atoms with E-state index in [-0.39, 0.29) is 0 Å². The first-order chi connectivity index (χ1) is 8.08. The number of carboxylic acid groups (broad SMARTS) is 1. The highest BCUT2D eigenvalue weighted by atomic mass is 16.4. The quantitative estimate of drug-likeness (QED) is 0.878. The molecule has 0 atom stereocenters. The Morgan fingerprint density at radius 3 is 2.88 bits per heavy atom. The van der Waals surface area contributed by atoms with Gasteiger partial charge in [0.25, 0.3) is 0 Å². The molecule has 0 saturated carbocycles. The fourth-order valence-electron chi connectivity index (χ4n) is 1.77. The van der Waals surface area contributed by atoms with E-state index in [0.717, 1.165) is 5.69 Å². The Labute approximate surface area is 99.3 Å².